The highest BCUT2D eigenvalue weighted by molar-refractivity contribution is 8.13. The van der Waals surface area contributed by atoms with Crippen molar-refractivity contribution in [3.05, 3.63) is 70.8 Å². The van der Waals surface area contributed by atoms with Gasteiger partial charge in [-0.15, -0.1) is 10.2 Å². The molecule has 0 aliphatic rings. The zero-order chi connectivity index (χ0) is 18.8. The monoisotopic (exact) mass is 380 g/mol. The van der Waals surface area contributed by atoms with Crippen LogP contribution in [0.3, 0.4) is 0 Å². The number of amidine groups is 2. The third kappa shape index (κ3) is 6.52. The van der Waals surface area contributed by atoms with Crippen LogP contribution >= 0.6 is 23.5 Å². The fourth-order valence-corrected chi connectivity index (χ4v) is 3.03. The molecule has 8 heteroatoms. The van der Waals surface area contributed by atoms with Crippen LogP contribution in [-0.2, 0) is 11.5 Å². The van der Waals surface area contributed by atoms with E-state index in [1.54, 1.807) is 24.3 Å². The van der Waals surface area contributed by atoms with Crippen LogP contribution in [-0.4, -0.2) is 10.3 Å². The van der Waals surface area contributed by atoms with Crippen LogP contribution in [0.4, 0.5) is 0 Å². The van der Waals surface area contributed by atoms with Crippen molar-refractivity contribution in [2.24, 2.45) is 21.7 Å². The van der Waals surface area contributed by atoms with Gasteiger partial charge >= 0.3 is 0 Å². The van der Waals surface area contributed by atoms with Crippen LogP contribution < -0.4 is 11.5 Å². The highest BCUT2D eigenvalue weighted by Gasteiger charge is 2.00. The molecule has 0 saturated carbocycles. The van der Waals surface area contributed by atoms with Gasteiger partial charge in [-0.2, -0.15) is 10.5 Å². The summed E-state index contributed by atoms with van der Waals surface area (Å²) in [5.74, 6) is 1.27. The largest absolute Gasteiger partial charge is 0.377 e. The number of nitriles is 2. The highest BCUT2D eigenvalue weighted by Crippen LogP contribution is 2.15. The van der Waals surface area contributed by atoms with Crippen molar-refractivity contribution in [3.8, 4) is 12.1 Å². The smallest absolute Gasteiger partial charge is 0.180 e. The lowest BCUT2D eigenvalue weighted by Gasteiger charge is -2.02. The van der Waals surface area contributed by atoms with E-state index in [-0.39, 0.29) is 0 Å². The second kappa shape index (κ2) is 10.1. The van der Waals surface area contributed by atoms with Crippen LogP contribution in [0.1, 0.15) is 22.3 Å². The lowest BCUT2D eigenvalue weighted by atomic mass is 10.2. The molecule has 4 N–H and O–H groups in total. The van der Waals surface area contributed by atoms with E-state index >= 15 is 0 Å². The lowest BCUT2D eigenvalue weighted by molar-refractivity contribution is 1.23. The van der Waals surface area contributed by atoms with Gasteiger partial charge in [0.05, 0.1) is 23.3 Å². The number of benzene rings is 2. The predicted octanol–water partition coefficient (Wildman–Crippen LogP) is 3.14. The third-order valence-electron chi connectivity index (χ3n) is 3.19. The number of thioether (sulfide) groups is 2. The van der Waals surface area contributed by atoms with Crippen molar-refractivity contribution in [2.75, 3.05) is 0 Å². The molecule has 2 rings (SSSR count). The van der Waals surface area contributed by atoms with Gasteiger partial charge in [0.25, 0.3) is 0 Å². The summed E-state index contributed by atoms with van der Waals surface area (Å²) in [6, 6.07) is 18.7. The van der Waals surface area contributed by atoms with Crippen molar-refractivity contribution in [3.63, 3.8) is 0 Å². The molecule has 0 aliphatic carbocycles. The van der Waals surface area contributed by atoms with E-state index in [9.17, 15) is 0 Å². The van der Waals surface area contributed by atoms with Crippen molar-refractivity contribution in [2.45, 2.75) is 11.5 Å². The van der Waals surface area contributed by atoms with Gasteiger partial charge in [0, 0.05) is 11.5 Å². The van der Waals surface area contributed by atoms with Crippen LogP contribution in [0.25, 0.3) is 0 Å². The number of hydrogen-bond donors (Lipinski definition) is 2. The van der Waals surface area contributed by atoms with Crippen LogP contribution in [0, 0.1) is 22.7 Å². The van der Waals surface area contributed by atoms with Gasteiger partial charge in [-0.3, -0.25) is 0 Å². The molecule has 0 heterocycles. The second-order valence-electron chi connectivity index (χ2n) is 5.07. The maximum atomic E-state index is 8.77. The molecule has 0 aliphatic heterocycles. The van der Waals surface area contributed by atoms with Crippen molar-refractivity contribution < 1.29 is 0 Å². The van der Waals surface area contributed by atoms with E-state index in [1.807, 2.05) is 24.3 Å². The SMILES string of the molecule is N#Cc1ccc(CSC(N)=NN=C(N)SCc2ccc(C#N)cc2)cc1. The van der Waals surface area contributed by atoms with Gasteiger partial charge in [0.1, 0.15) is 0 Å². The molecule has 6 nitrogen and oxygen atoms in total. The summed E-state index contributed by atoms with van der Waals surface area (Å²) in [6.45, 7) is 0. The molecule has 0 saturated heterocycles. The molecule has 2 aromatic rings. The minimum absolute atomic E-state index is 0.316. The average molecular weight is 381 g/mol. The molecule has 2 aromatic carbocycles. The van der Waals surface area contributed by atoms with Gasteiger partial charge in [-0.05, 0) is 35.4 Å². The molecule has 0 spiro atoms. The van der Waals surface area contributed by atoms with Crippen molar-refractivity contribution in [1.29, 1.82) is 10.5 Å². The van der Waals surface area contributed by atoms with E-state index in [2.05, 4.69) is 22.3 Å². The summed E-state index contributed by atoms with van der Waals surface area (Å²) in [5, 5.41) is 26.0. The van der Waals surface area contributed by atoms with Crippen LogP contribution in [0.5, 0.6) is 0 Å². The minimum Gasteiger partial charge on any atom is -0.377 e. The van der Waals surface area contributed by atoms with E-state index in [0.29, 0.717) is 33.0 Å². The maximum Gasteiger partial charge on any atom is 0.180 e. The van der Waals surface area contributed by atoms with Crippen LogP contribution in [0.2, 0.25) is 0 Å². The zero-order valence-corrected chi connectivity index (χ0v) is 15.4. The molecule has 0 fully saturated rings. The Balaban J connectivity index is 1.81. The Morgan fingerprint density at radius 2 is 1.08 bits per heavy atom. The first-order chi connectivity index (χ1) is 12.6. The van der Waals surface area contributed by atoms with Gasteiger partial charge in [0.15, 0.2) is 10.3 Å². The molecule has 0 unspecified atom stereocenters. The molecular weight excluding hydrogens is 364 g/mol. The van der Waals surface area contributed by atoms with Crippen molar-refractivity contribution in [1.82, 2.24) is 0 Å². The van der Waals surface area contributed by atoms with E-state index in [0.717, 1.165) is 11.1 Å². The normalized spacial score (nSPS) is 11.6. The number of rotatable bonds is 5. The molecule has 0 bridgehead atoms. The second-order valence-corrected chi connectivity index (χ2v) is 7.06. The summed E-state index contributed by atoms with van der Waals surface area (Å²) >= 11 is 2.69. The number of hydrogen-bond acceptors (Lipinski definition) is 6. The summed E-state index contributed by atoms with van der Waals surface area (Å²) in [4.78, 5) is 0. The standard InChI is InChI=1S/C18H16N6S2/c19-9-13-1-5-15(6-2-13)11-25-17(21)23-24-18(22)26-12-16-7-3-14(10-20)4-8-16/h1-8H,11-12H2,(H2,21,23)(H2,22,24). The van der Waals surface area contributed by atoms with E-state index in [1.165, 1.54) is 23.5 Å². The Bertz CT molecular complexity index is 798. The van der Waals surface area contributed by atoms with E-state index < -0.39 is 0 Å². The van der Waals surface area contributed by atoms with Gasteiger partial charge in [0.2, 0.25) is 0 Å². The van der Waals surface area contributed by atoms with Crippen molar-refractivity contribution >= 4 is 33.9 Å². The quantitative estimate of drug-likeness (QED) is 0.466. The Hall–Kier alpha value is -2.94. The summed E-state index contributed by atoms with van der Waals surface area (Å²) in [6.07, 6.45) is 0. The third-order valence-corrected chi connectivity index (χ3v) is 4.90. The van der Waals surface area contributed by atoms with Crippen LogP contribution in [0.15, 0.2) is 58.7 Å². The molecule has 0 amide bonds. The average Bonchev–Trinajstić information content (AvgIpc) is 2.69. The summed E-state index contributed by atoms with van der Waals surface area (Å²) < 4.78 is 0. The number of nitrogens with zero attached hydrogens (tertiary/aromatic N) is 4. The summed E-state index contributed by atoms with van der Waals surface area (Å²) in [7, 11) is 0. The van der Waals surface area contributed by atoms with E-state index in [4.69, 9.17) is 22.0 Å². The first-order valence-corrected chi connectivity index (χ1v) is 9.48. The molecule has 130 valence electrons. The highest BCUT2D eigenvalue weighted by atomic mass is 32.2. The predicted molar refractivity (Wildman–Crippen MR) is 108 cm³/mol. The van der Waals surface area contributed by atoms with Gasteiger partial charge in [-0.1, -0.05) is 47.8 Å². The fourth-order valence-electron chi connectivity index (χ4n) is 1.82. The summed E-state index contributed by atoms with van der Waals surface area (Å²) in [5.41, 5.74) is 15.0. The Kier molecular flexibility index (Phi) is 7.56. The first kappa shape index (κ1) is 19.4. The zero-order valence-electron chi connectivity index (χ0n) is 13.8. The Labute approximate surface area is 160 Å². The van der Waals surface area contributed by atoms with Gasteiger partial charge < -0.3 is 11.5 Å². The fraction of sp³-hybridized carbons (Fsp3) is 0.111. The topological polar surface area (TPSA) is 124 Å². The molecular formula is C18H16N6S2. The maximum absolute atomic E-state index is 8.77. The molecule has 26 heavy (non-hydrogen) atoms. The minimum atomic E-state index is 0.316. The Morgan fingerprint density at radius 1 is 0.731 bits per heavy atom. The molecule has 0 aromatic heterocycles. The number of nitrogens with two attached hydrogens (primary N) is 2. The first-order valence-electron chi connectivity index (χ1n) is 7.51. The lowest BCUT2D eigenvalue weighted by Crippen LogP contribution is -2.09. The Morgan fingerprint density at radius 3 is 1.38 bits per heavy atom. The molecule has 0 atom stereocenters. The van der Waals surface area contributed by atoms with Gasteiger partial charge in [-0.25, -0.2) is 0 Å². The molecule has 0 radical (unpaired) electrons.